The number of nitrogens with one attached hydrogen (secondary N) is 1. The molecule has 1 heterocycles. The van der Waals surface area contributed by atoms with E-state index in [9.17, 15) is 4.79 Å². The molecule has 0 atom stereocenters. The van der Waals surface area contributed by atoms with Crippen LogP contribution in [-0.4, -0.2) is 16.2 Å². The Morgan fingerprint density at radius 1 is 1.24 bits per heavy atom. The van der Waals surface area contributed by atoms with Crippen LogP contribution in [0.1, 0.15) is 16.1 Å². The SMILES string of the molecule is Nc1ccc2[nH]nc(C(=O)OCc3ccc(Cl)cc3)c2c1. The maximum atomic E-state index is 12.1. The number of aromatic amines is 1. The topological polar surface area (TPSA) is 81.0 Å². The van der Waals surface area contributed by atoms with E-state index in [0.717, 1.165) is 11.1 Å². The minimum Gasteiger partial charge on any atom is -0.456 e. The van der Waals surface area contributed by atoms with Gasteiger partial charge in [0.15, 0.2) is 5.69 Å². The van der Waals surface area contributed by atoms with Gasteiger partial charge in [-0.25, -0.2) is 4.79 Å². The molecule has 5 nitrogen and oxygen atoms in total. The van der Waals surface area contributed by atoms with Crippen molar-refractivity contribution in [3.8, 4) is 0 Å². The fourth-order valence-corrected chi connectivity index (χ4v) is 2.11. The molecule has 0 fully saturated rings. The number of fused-ring (bicyclic) bond motifs is 1. The molecule has 0 radical (unpaired) electrons. The predicted octanol–water partition coefficient (Wildman–Crippen LogP) is 3.16. The van der Waals surface area contributed by atoms with E-state index in [0.29, 0.717) is 16.1 Å². The summed E-state index contributed by atoms with van der Waals surface area (Å²) < 4.78 is 5.25. The maximum Gasteiger partial charge on any atom is 0.359 e. The van der Waals surface area contributed by atoms with Crippen molar-refractivity contribution in [3.05, 3.63) is 58.7 Å². The number of anilines is 1. The Labute approximate surface area is 125 Å². The lowest BCUT2D eigenvalue weighted by Crippen LogP contribution is -2.06. The van der Waals surface area contributed by atoms with Crippen molar-refractivity contribution in [2.75, 3.05) is 5.73 Å². The third-order valence-electron chi connectivity index (χ3n) is 3.06. The lowest BCUT2D eigenvalue weighted by molar-refractivity contribution is 0.0468. The van der Waals surface area contributed by atoms with Crippen molar-refractivity contribution in [1.82, 2.24) is 10.2 Å². The van der Waals surface area contributed by atoms with E-state index in [4.69, 9.17) is 22.1 Å². The highest BCUT2D eigenvalue weighted by molar-refractivity contribution is 6.30. The number of esters is 1. The molecule has 0 aliphatic heterocycles. The maximum absolute atomic E-state index is 12.1. The number of hydrogen-bond donors (Lipinski definition) is 2. The second-order valence-electron chi connectivity index (χ2n) is 4.58. The molecule has 0 aliphatic carbocycles. The highest BCUT2D eigenvalue weighted by Crippen LogP contribution is 2.20. The van der Waals surface area contributed by atoms with E-state index in [1.165, 1.54) is 0 Å². The second kappa shape index (κ2) is 5.46. The molecular weight excluding hydrogens is 290 g/mol. The Morgan fingerprint density at radius 2 is 2.00 bits per heavy atom. The van der Waals surface area contributed by atoms with Crippen molar-refractivity contribution in [1.29, 1.82) is 0 Å². The highest BCUT2D eigenvalue weighted by atomic mass is 35.5. The molecule has 3 aromatic rings. The van der Waals surface area contributed by atoms with Gasteiger partial charge in [0.1, 0.15) is 6.61 Å². The molecule has 0 amide bonds. The van der Waals surface area contributed by atoms with Crippen LogP contribution < -0.4 is 5.73 Å². The number of benzene rings is 2. The molecule has 106 valence electrons. The molecule has 1 aromatic heterocycles. The largest absolute Gasteiger partial charge is 0.456 e. The fourth-order valence-electron chi connectivity index (χ4n) is 1.99. The zero-order valence-corrected chi connectivity index (χ0v) is 11.7. The molecule has 21 heavy (non-hydrogen) atoms. The van der Waals surface area contributed by atoms with E-state index in [1.807, 2.05) is 0 Å². The summed E-state index contributed by atoms with van der Waals surface area (Å²) in [7, 11) is 0. The van der Waals surface area contributed by atoms with Crippen molar-refractivity contribution < 1.29 is 9.53 Å². The van der Waals surface area contributed by atoms with E-state index >= 15 is 0 Å². The van der Waals surface area contributed by atoms with Crippen LogP contribution in [0.25, 0.3) is 10.9 Å². The molecule has 0 bridgehead atoms. The predicted molar refractivity (Wildman–Crippen MR) is 81.1 cm³/mol. The Hall–Kier alpha value is -2.53. The van der Waals surface area contributed by atoms with Gasteiger partial charge in [-0.05, 0) is 35.9 Å². The molecule has 6 heteroatoms. The van der Waals surface area contributed by atoms with Crippen LogP contribution in [0.5, 0.6) is 0 Å². The van der Waals surface area contributed by atoms with Gasteiger partial charge in [0.05, 0.1) is 5.52 Å². The number of carbonyl (C=O) groups is 1. The number of halogens is 1. The minimum atomic E-state index is -0.498. The summed E-state index contributed by atoms with van der Waals surface area (Å²) in [6.07, 6.45) is 0. The van der Waals surface area contributed by atoms with Crippen LogP contribution in [0.2, 0.25) is 5.02 Å². The van der Waals surface area contributed by atoms with E-state index in [1.54, 1.807) is 42.5 Å². The van der Waals surface area contributed by atoms with E-state index < -0.39 is 5.97 Å². The smallest absolute Gasteiger partial charge is 0.359 e. The van der Waals surface area contributed by atoms with Gasteiger partial charge in [0, 0.05) is 16.1 Å². The first kappa shape index (κ1) is 13.5. The first-order chi connectivity index (χ1) is 10.1. The van der Waals surface area contributed by atoms with Crippen LogP contribution in [0, 0.1) is 0 Å². The normalized spacial score (nSPS) is 10.7. The summed E-state index contributed by atoms with van der Waals surface area (Å²) >= 11 is 5.80. The second-order valence-corrected chi connectivity index (χ2v) is 5.02. The number of carbonyl (C=O) groups excluding carboxylic acids is 1. The van der Waals surface area contributed by atoms with Crippen LogP contribution in [-0.2, 0) is 11.3 Å². The monoisotopic (exact) mass is 301 g/mol. The molecule has 0 unspecified atom stereocenters. The van der Waals surface area contributed by atoms with Gasteiger partial charge in [0.2, 0.25) is 0 Å². The zero-order chi connectivity index (χ0) is 14.8. The third-order valence-corrected chi connectivity index (χ3v) is 3.32. The van der Waals surface area contributed by atoms with Crippen molar-refractivity contribution in [2.24, 2.45) is 0 Å². The molecule has 0 saturated carbocycles. The summed E-state index contributed by atoms with van der Waals surface area (Å²) in [6.45, 7) is 0.159. The minimum absolute atomic E-state index is 0.159. The zero-order valence-electron chi connectivity index (χ0n) is 11.0. The van der Waals surface area contributed by atoms with Gasteiger partial charge in [-0.15, -0.1) is 0 Å². The number of nitrogens with two attached hydrogens (primary N) is 1. The van der Waals surface area contributed by atoms with Gasteiger partial charge in [0.25, 0.3) is 0 Å². The van der Waals surface area contributed by atoms with Crippen LogP contribution in [0.15, 0.2) is 42.5 Å². The first-order valence-corrected chi connectivity index (χ1v) is 6.66. The van der Waals surface area contributed by atoms with Crippen LogP contribution in [0.3, 0.4) is 0 Å². The molecule has 2 aromatic carbocycles. The van der Waals surface area contributed by atoms with Gasteiger partial charge in [-0.2, -0.15) is 5.10 Å². The Morgan fingerprint density at radius 3 is 2.76 bits per heavy atom. The summed E-state index contributed by atoms with van der Waals surface area (Å²) in [5.74, 6) is -0.498. The number of nitrogens with zero attached hydrogens (tertiary/aromatic N) is 1. The van der Waals surface area contributed by atoms with Crippen molar-refractivity contribution >= 4 is 34.2 Å². The number of H-pyrrole nitrogens is 1. The van der Waals surface area contributed by atoms with Crippen LogP contribution in [0.4, 0.5) is 5.69 Å². The lowest BCUT2D eigenvalue weighted by Gasteiger charge is -2.03. The standard InChI is InChI=1S/C15H12ClN3O2/c16-10-3-1-9(2-4-10)8-21-15(20)14-12-7-11(17)5-6-13(12)18-19-14/h1-7H,8,17H2,(H,18,19). The van der Waals surface area contributed by atoms with Gasteiger partial charge in [-0.1, -0.05) is 23.7 Å². The van der Waals surface area contributed by atoms with Crippen LogP contribution >= 0.6 is 11.6 Å². The average Bonchev–Trinajstić information content (AvgIpc) is 2.89. The lowest BCUT2D eigenvalue weighted by atomic mass is 10.2. The summed E-state index contributed by atoms with van der Waals surface area (Å²) in [4.78, 5) is 12.1. The van der Waals surface area contributed by atoms with Gasteiger partial charge in [-0.3, -0.25) is 5.10 Å². The average molecular weight is 302 g/mol. The Bertz CT molecular complexity index is 796. The molecule has 3 N–H and O–H groups in total. The van der Waals surface area contributed by atoms with Crippen molar-refractivity contribution in [2.45, 2.75) is 6.61 Å². The van der Waals surface area contributed by atoms with Gasteiger partial charge >= 0.3 is 5.97 Å². The summed E-state index contributed by atoms with van der Waals surface area (Å²) in [5.41, 5.74) is 8.11. The first-order valence-electron chi connectivity index (χ1n) is 6.28. The Balaban J connectivity index is 1.78. The van der Waals surface area contributed by atoms with Gasteiger partial charge < -0.3 is 10.5 Å². The summed E-state index contributed by atoms with van der Waals surface area (Å²) in [6, 6.07) is 12.3. The molecule has 0 spiro atoms. The number of nitrogen functional groups attached to an aromatic ring is 1. The van der Waals surface area contributed by atoms with Crippen molar-refractivity contribution in [3.63, 3.8) is 0 Å². The molecule has 0 saturated heterocycles. The molecule has 0 aliphatic rings. The van der Waals surface area contributed by atoms with E-state index in [2.05, 4.69) is 10.2 Å². The number of hydrogen-bond acceptors (Lipinski definition) is 4. The number of ether oxygens (including phenoxy) is 1. The van der Waals surface area contributed by atoms with E-state index in [-0.39, 0.29) is 12.3 Å². The third kappa shape index (κ3) is 2.83. The summed E-state index contributed by atoms with van der Waals surface area (Å²) in [5, 5.41) is 8.05. The molecular formula is C15H12ClN3O2. The molecule has 3 rings (SSSR count). The quantitative estimate of drug-likeness (QED) is 0.575. The fraction of sp³-hybridized carbons (Fsp3) is 0.0667. The number of aromatic nitrogens is 2. The highest BCUT2D eigenvalue weighted by Gasteiger charge is 2.15. The number of rotatable bonds is 3. The Kier molecular flexibility index (Phi) is 3.50.